The summed E-state index contributed by atoms with van der Waals surface area (Å²) in [6.45, 7) is 2.63. The van der Waals surface area contributed by atoms with Gasteiger partial charge in [0, 0.05) is 6.42 Å². The van der Waals surface area contributed by atoms with Crippen LogP contribution < -0.4 is 5.73 Å². The Morgan fingerprint density at radius 3 is 1.89 bits per heavy atom. The second-order valence-electron chi connectivity index (χ2n) is 7.64. The van der Waals surface area contributed by atoms with Crippen LogP contribution in [0.25, 0.3) is 0 Å². The Balaban J connectivity index is 3.30. The van der Waals surface area contributed by atoms with E-state index in [0.29, 0.717) is 6.61 Å². The molecule has 0 saturated carbocycles. The van der Waals surface area contributed by atoms with Crippen LogP contribution in [0.3, 0.4) is 0 Å². The average Bonchev–Trinajstić information content (AvgIpc) is 2.68. The zero-order valence-electron chi connectivity index (χ0n) is 18.0. The highest BCUT2D eigenvalue weighted by Gasteiger charge is 2.15. The zero-order chi connectivity index (χ0) is 20.9. The molecule has 0 fully saturated rings. The second kappa shape index (κ2) is 20.4. The molecule has 164 valence electrons. The summed E-state index contributed by atoms with van der Waals surface area (Å²) in [7, 11) is 0. The largest absolute Gasteiger partial charge is 0.481 e. The van der Waals surface area contributed by atoms with Crippen molar-refractivity contribution in [3.8, 4) is 0 Å². The van der Waals surface area contributed by atoms with Crippen LogP contribution in [-0.2, 0) is 14.3 Å². The molecule has 1 atom stereocenters. The van der Waals surface area contributed by atoms with Gasteiger partial charge in [0.2, 0.25) is 0 Å². The molecule has 0 saturated heterocycles. The van der Waals surface area contributed by atoms with Crippen LogP contribution in [0.1, 0.15) is 110 Å². The van der Waals surface area contributed by atoms with E-state index in [-0.39, 0.29) is 12.8 Å². The van der Waals surface area contributed by atoms with Crippen molar-refractivity contribution >= 4 is 11.9 Å². The minimum atomic E-state index is -0.948. The van der Waals surface area contributed by atoms with Crippen LogP contribution in [0, 0.1) is 0 Å². The highest BCUT2D eigenvalue weighted by molar-refractivity contribution is 5.76. The monoisotopic (exact) mass is 397 g/mol. The van der Waals surface area contributed by atoms with E-state index in [4.69, 9.17) is 15.6 Å². The maximum atomic E-state index is 11.6. The zero-order valence-corrected chi connectivity index (χ0v) is 18.0. The second-order valence-corrected chi connectivity index (χ2v) is 7.64. The summed E-state index contributed by atoms with van der Waals surface area (Å²) >= 11 is 0. The number of carboxylic acid groups (broad SMARTS) is 1. The number of carbonyl (C=O) groups excluding carboxylic acids is 1. The van der Waals surface area contributed by atoms with Gasteiger partial charge in [0.15, 0.2) is 0 Å². The van der Waals surface area contributed by atoms with Gasteiger partial charge in [-0.25, -0.2) is 0 Å². The number of hydrogen-bond donors (Lipinski definition) is 2. The predicted octanol–water partition coefficient (Wildman–Crippen LogP) is 5.76. The van der Waals surface area contributed by atoms with Gasteiger partial charge in [-0.2, -0.15) is 0 Å². The molecule has 0 heterocycles. The molecule has 0 bridgehead atoms. The van der Waals surface area contributed by atoms with Crippen molar-refractivity contribution in [3.63, 3.8) is 0 Å². The van der Waals surface area contributed by atoms with Gasteiger partial charge in [-0.15, -0.1) is 0 Å². The van der Waals surface area contributed by atoms with Crippen molar-refractivity contribution < 1.29 is 19.4 Å². The number of unbranched alkanes of at least 4 members (excludes halogenated alkanes) is 12. The standard InChI is InChI=1S/C23H43NO4/c1-2-3-4-5-6-7-8-9-10-11-12-13-14-15-16-17-20-28-23(27)21(24)18-19-22(25)26/h9-10,21H,2-8,11-20,24H2,1H3,(H,25,26)/b10-9-/t21-/m0/s1. The third-order valence-corrected chi connectivity index (χ3v) is 4.87. The molecule has 28 heavy (non-hydrogen) atoms. The smallest absolute Gasteiger partial charge is 0.322 e. The van der Waals surface area contributed by atoms with E-state index >= 15 is 0 Å². The van der Waals surface area contributed by atoms with Crippen LogP contribution in [0.2, 0.25) is 0 Å². The minimum absolute atomic E-state index is 0.107. The van der Waals surface area contributed by atoms with Crippen molar-refractivity contribution in [3.05, 3.63) is 12.2 Å². The van der Waals surface area contributed by atoms with Crippen molar-refractivity contribution in [2.45, 2.75) is 116 Å². The topological polar surface area (TPSA) is 89.6 Å². The Morgan fingerprint density at radius 1 is 0.857 bits per heavy atom. The van der Waals surface area contributed by atoms with Gasteiger partial charge in [-0.05, 0) is 38.5 Å². The summed E-state index contributed by atoms with van der Waals surface area (Å²) in [5.41, 5.74) is 5.59. The van der Waals surface area contributed by atoms with E-state index in [1.807, 2.05) is 0 Å². The lowest BCUT2D eigenvalue weighted by Crippen LogP contribution is -2.33. The summed E-state index contributed by atoms with van der Waals surface area (Å²) < 4.78 is 5.09. The van der Waals surface area contributed by atoms with Crippen molar-refractivity contribution in [1.82, 2.24) is 0 Å². The van der Waals surface area contributed by atoms with Gasteiger partial charge >= 0.3 is 11.9 Å². The Kier molecular flexibility index (Phi) is 19.4. The number of aliphatic carboxylic acids is 1. The lowest BCUT2D eigenvalue weighted by atomic mass is 10.1. The summed E-state index contributed by atoms with van der Waals surface area (Å²) in [6.07, 6.45) is 22.0. The molecular formula is C23H43NO4. The summed E-state index contributed by atoms with van der Waals surface area (Å²) in [6, 6.07) is -0.829. The normalized spacial score (nSPS) is 12.4. The average molecular weight is 398 g/mol. The Morgan fingerprint density at radius 2 is 1.36 bits per heavy atom. The van der Waals surface area contributed by atoms with Gasteiger partial charge in [-0.1, -0.05) is 76.9 Å². The number of ether oxygens (including phenoxy) is 1. The maximum Gasteiger partial charge on any atom is 0.322 e. The first-order valence-corrected chi connectivity index (χ1v) is 11.4. The molecule has 0 aromatic carbocycles. The van der Waals surface area contributed by atoms with Gasteiger partial charge < -0.3 is 15.6 Å². The highest BCUT2D eigenvalue weighted by atomic mass is 16.5. The molecule has 0 aromatic rings. The summed E-state index contributed by atoms with van der Waals surface area (Å²) in [5, 5.41) is 8.56. The molecule has 5 heteroatoms. The van der Waals surface area contributed by atoms with Gasteiger partial charge in [0.05, 0.1) is 6.61 Å². The van der Waals surface area contributed by atoms with Gasteiger partial charge in [0.1, 0.15) is 6.04 Å². The van der Waals surface area contributed by atoms with E-state index < -0.39 is 18.0 Å². The van der Waals surface area contributed by atoms with Crippen LogP contribution in [-0.4, -0.2) is 29.7 Å². The maximum absolute atomic E-state index is 11.6. The predicted molar refractivity (Wildman–Crippen MR) is 115 cm³/mol. The van der Waals surface area contributed by atoms with E-state index in [2.05, 4.69) is 19.1 Å². The van der Waals surface area contributed by atoms with Gasteiger partial charge in [0.25, 0.3) is 0 Å². The van der Waals surface area contributed by atoms with E-state index in [9.17, 15) is 9.59 Å². The first kappa shape index (κ1) is 26.6. The van der Waals surface area contributed by atoms with Crippen LogP contribution in [0.4, 0.5) is 0 Å². The number of carbonyl (C=O) groups is 2. The number of nitrogens with two attached hydrogens (primary N) is 1. The molecule has 0 radical (unpaired) electrons. The van der Waals surface area contributed by atoms with E-state index in [1.54, 1.807) is 0 Å². The number of rotatable bonds is 20. The van der Waals surface area contributed by atoms with Crippen LogP contribution in [0.5, 0.6) is 0 Å². The molecule has 0 aliphatic heterocycles. The third kappa shape index (κ3) is 19.4. The molecule has 0 unspecified atom stereocenters. The molecule has 0 aliphatic carbocycles. The fraction of sp³-hybridized carbons (Fsp3) is 0.826. The molecule has 0 rings (SSSR count). The van der Waals surface area contributed by atoms with E-state index in [1.165, 1.54) is 70.6 Å². The number of esters is 1. The summed E-state index contributed by atoms with van der Waals surface area (Å²) in [5.74, 6) is -1.44. The lowest BCUT2D eigenvalue weighted by Gasteiger charge is -2.10. The van der Waals surface area contributed by atoms with Gasteiger partial charge in [-0.3, -0.25) is 9.59 Å². The first-order chi connectivity index (χ1) is 13.6. The van der Waals surface area contributed by atoms with Crippen LogP contribution in [0.15, 0.2) is 12.2 Å². The van der Waals surface area contributed by atoms with Crippen molar-refractivity contribution in [1.29, 1.82) is 0 Å². The van der Waals surface area contributed by atoms with E-state index in [0.717, 1.165) is 19.3 Å². The quantitative estimate of drug-likeness (QED) is 0.155. The summed E-state index contributed by atoms with van der Waals surface area (Å²) in [4.78, 5) is 22.0. The molecule has 0 aliphatic rings. The first-order valence-electron chi connectivity index (χ1n) is 11.4. The Hall–Kier alpha value is -1.36. The number of hydrogen-bond acceptors (Lipinski definition) is 4. The molecule has 3 N–H and O–H groups in total. The highest BCUT2D eigenvalue weighted by Crippen LogP contribution is 2.10. The fourth-order valence-electron chi connectivity index (χ4n) is 3.03. The Bertz CT molecular complexity index is 409. The fourth-order valence-corrected chi connectivity index (χ4v) is 3.03. The molecular weight excluding hydrogens is 354 g/mol. The molecule has 0 spiro atoms. The molecule has 0 amide bonds. The van der Waals surface area contributed by atoms with Crippen LogP contribution >= 0.6 is 0 Å². The number of carboxylic acids is 1. The number of allylic oxidation sites excluding steroid dienone is 2. The molecule has 5 nitrogen and oxygen atoms in total. The third-order valence-electron chi connectivity index (χ3n) is 4.87. The minimum Gasteiger partial charge on any atom is -0.481 e. The molecule has 0 aromatic heterocycles. The van der Waals surface area contributed by atoms with Crippen molar-refractivity contribution in [2.75, 3.05) is 6.61 Å². The Labute approximate surface area is 172 Å². The SMILES string of the molecule is CCCCCCCC/C=C\CCCCCCCCOC(=O)[C@@H](N)CCC(=O)O. The lowest BCUT2D eigenvalue weighted by molar-refractivity contribution is -0.145. The van der Waals surface area contributed by atoms with Crippen molar-refractivity contribution in [2.24, 2.45) is 5.73 Å².